The summed E-state index contributed by atoms with van der Waals surface area (Å²) >= 11 is 5.90. The second kappa shape index (κ2) is 8.13. The van der Waals surface area contributed by atoms with Crippen LogP contribution in [-0.2, 0) is 0 Å². The number of hydrogen-bond acceptors (Lipinski definition) is 5. The van der Waals surface area contributed by atoms with Crippen molar-refractivity contribution in [1.82, 2.24) is 9.88 Å². The first-order chi connectivity index (χ1) is 11.8. The Kier molecular flexibility index (Phi) is 5.67. The molecule has 24 heavy (non-hydrogen) atoms. The van der Waals surface area contributed by atoms with Crippen LogP contribution >= 0.6 is 11.6 Å². The number of nitrogens with zero attached hydrogens (tertiary/aromatic N) is 4. The summed E-state index contributed by atoms with van der Waals surface area (Å²) in [5, 5.41) is 13.4. The van der Waals surface area contributed by atoms with Gasteiger partial charge in [0.1, 0.15) is 5.82 Å². The highest BCUT2D eigenvalue weighted by atomic mass is 35.5. The number of piperazine rings is 1. The van der Waals surface area contributed by atoms with Gasteiger partial charge in [0.2, 0.25) is 0 Å². The quantitative estimate of drug-likeness (QED) is 0.514. The predicted molar refractivity (Wildman–Crippen MR) is 97.3 cm³/mol. The number of hydrogen-bond donors (Lipinski definition) is 1. The molecule has 126 valence electrons. The van der Waals surface area contributed by atoms with Gasteiger partial charge in [-0.25, -0.2) is 4.98 Å². The Hall–Kier alpha value is -2.11. The minimum absolute atomic E-state index is 0.682. The Morgan fingerprint density at radius 1 is 1.08 bits per heavy atom. The first-order valence-electron chi connectivity index (χ1n) is 8.11. The van der Waals surface area contributed by atoms with Gasteiger partial charge in [0, 0.05) is 50.4 Å². The average molecular weight is 345 g/mol. The summed E-state index contributed by atoms with van der Waals surface area (Å²) in [5.41, 5.74) is 1.60. The summed E-state index contributed by atoms with van der Waals surface area (Å²) in [6.45, 7) is 4.76. The van der Waals surface area contributed by atoms with Crippen LogP contribution in [0.3, 0.4) is 0 Å². The van der Waals surface area contributed by atoms with E-state index in [9.17, 15) is 5.21 Å². The van der Waals surface area contributed by atoms with Crippen LogP contribution in [0.25, 0.3) is 0 Å². The maximum absolute atomic E-state index is 9.29. The van der Waals surface area contributed by atoms with E-state index in [0.717, 1.165) is 44.1 Å². The molecule has 5 nitrogen and oxygen atoms in total. The Labute approximate surface area is 147 Å². The highest BCUT2D eigenvalue weighted by Gasteiger charge is 2.18. The number of halogens is 1. The van der Waals surface area contributed by atoms with Gasteiger partial charge >= 0.3 is 0 Å². The average Bonchev–Trinajstić information content (AvgIpc) is 2.65. The molecule has 1 aliphatic heterocycles. The van der Waals surface area contributed by atoms with Gasteiger partial charge < -0.3 is 10.1 Å². The van der Waals surface area contributed by atoms with Gasteiger partial charge in [-0.3, -0.25) is 4.90 Å². The predicted octanol–water partition coefficient (Wildman–Crippen LogP) is 3.13. The molecule has 1 aromatic heterocycles. The zero-order valence-corrected chi connectivity index (χ0v) is 14.2. The molecule has 6 heteroatoms. The summed E-state index contributed by atoms with van der Waals surface area (Å²) in [4.78, 5) is 9.10. The smallest absolute Gasteiger partial charge is 0.128 e. The number of pyridine rings is 1. The van der Waals surface area contributed by atoms with Crippen LogP contribution < -0.4 is 4.90 Å². The van der Waals surface area contributed by atoms with Gasteiger partial charge in [0.05, 0.1) is 5.71 Å². The van der Waals surface area contributed by atoms with Gasteiger partial charge in [-0.15, -0.1) is 0 Å². The van der Waals surface area contributed by atoms with E-state index in [2.05, 4.69) is 19.9 Å². The van der Waals surface area contributed by atoms with E-state index in [1.54, 1.807) is 0 Å². The normalized spacial score (nSPS) is 16.4. The lowest BCUT2D eigenvalue weighted by atomic mass is 10.1. The fourth-order valence-electron chi connectivity index (χ4n) is 2.90. The molecular weight excluding hydrogens is 324 g/mol. The van der Waals surface area contributed by atoms with Crippen molar-refractivity contribution < 1.29 is 5.21 Å². The van der Waals surface area contributed by atoms with Crippen molar-refractivity contribution in [3.05, 3.63) is 59.2 Å². The van der Waals surface area contributed by atoms with Crippen LogP contribution in [0, 0.1) is 0 Å². The van der Waals surface area contributed by atoms with Crippen molar-refractivity contribution in [2.45, 2.75) is 6.42 Å². The molecular formula is C18H21ClN4O. The van der Waals surface area contributed by atoms with Crippen molar-refractivity contribution in [1.29, 1.82) is 0 Å². The molecule has 2 aromatic rings. The van der Waals surface area contributed by atoms with E-state index in [1.807, 2.05) is 48.7 Å². The SMILES string of the molecule is O/N=C(\CCN1CCN(c2ccccn2)CC1)c1ccc(Cl)cc1. The Balaban J connectivity index is 1.50. The molecule has 0 unspecified atom stereocenters. The molecule has 3 rings (SSSR count). The van der Waals surface area contributed by atoms with Gasteiger partial charge in [-0.2, -0.15) is 0 Å². The number of aromatic nitrogens is 1. The van der Waals surface area contributed by atoms with E-state index in [4.69, 9.17) is 11.6 Å². The minimum atomic E-state index is 0.682. The molecule has 0 saturated carbocycles. The lowest BCUT2D eigenvalue weighted by Gasteiger charge is -2.35. The third kappa shape index (κ3) is 4.24. The minimum Gasteiger partial charge on any atom is -0.411 e. The fraction of sp³-hybridized carbons (Fsp3) is 0.333. The second-order valence-corrected chi connectivity index (χ2v) is 6.26. The van der Waals surface area contributed by atoms with Crippen LogP contribution in [-0.4, -0.2) is 53.5 Å². The molecule has 1 aliphatic rings. The van der Waals surface area contributed by atoms with Gasteiger partial charge in [0.15, 0.2) is 0 Å². The van der Waals surface area contributed by atoms with Crippen LogP contribution in [0.15, 0.2) is 53.8 Å². The van der Waals surface area contributed by atoms with Crippen molar-refractivity contribution in [2.24, 2.45) is 5.16 Å². The summed E-state index contributed by atoms with van der Waals surface area (Å²) in [6.07, 6.45) is 2.54. The van der Waals surface area contributed by atoms with Crippen molar-refractivity contribution in [3.63, 3.8) is 0 Å². The maximum atomic E-state index is 9.29. The van der Waals surface area contributed by atoms with Crippen molar-refractivity contribution in [2.75, 3.05) is 37.6 Å². The van der Waals surface area contributed by atoms with Crippen molar-refractivity contribution in [3.8, 4) is 0 Å². The largest absolute Gasteiger partial charge is 0.411 e. The summed E-state index contributed by atoms with van der Waals surface area (Å²) in [6, 6.07) is 13.4. The number of rotatable bonds is 5. The zero-order valence-electron chi connectivity index (χ0n) is 13.5. The van der Waals surface area contributed by atoms with E-state index < -0.39 is 0 Å². The monoisotopic (exact) mass is 344 g/mol. The molecule has 2 heterocycles. The molecule has 1 N–H and O–H groups in total. The highest BCUT2D eigenvalue weighted by molar-refractivity contribution is 6.30. The first-order valence-corrected chi connectivity index (χ1v) is 8.49. The van der Waals surface area contributed by atoms with E-state index >= 15 is 0 Å². The maximum Gasteiger partial charge on any atom is 0.128 e. The third-order valence-electron chi connectivity index (χ3n) is 4.31. The highest BCUT2D eigenvalue weighted by Crippen LogP contribution is 2.14. The van der Waals surface area contributed by atoms with E-state index in [0.29, 0.717) is 17.2 Å². The standard InChI is InChI=1S/C18H21ClN4O/c19-16-6-4-15(5-7-16)17(21-24)8-10-22-11-13-23(14-12-22)18-3-1-2-9-20-18/h1-7,9,24H,8,10-14H2/b21-17+. The molecule has 0 bridgehead atoms. The molecule has 1 aromatic carbocycles. The van der Waals surface area contributed by atoms with Crippen LogP contribution in [0.1, 0.15) is 12.0 Å². The van der Waals surface area contributed by atoms with Gasteiger partial charge in [-0.1, -0.05) is 35.0 Å². The molecule has 0 radical (unpaired) electrons. The molecule has 0 amide bonds. The number of oxime groups is 1. The number of benzene rings is 1. The molecule has 1 saturated heterocycles. The van der Waals surface area contributed by atoms with Crippen molar-refractivity contribution >= 4 is 23.1 Å². The van der Waals surface area contributed by atoms with Gasteiger partial charge in [-0.05, 0) is 29.8 Å². The van der Waals surface area contributed by atoms with Crippen LogP contribution in [0.5, 0.6) is 0 Å². The van der Waals surface area contributed by atoms with E-state index in [-0.39, 0.29) is 0 Å². The Morgan fingerprint density at radius 3 is 2.46 bits per heavy atom. The first kappa shape index (κ1) is 16.7. The summed E-state index contributed by atoms with van der Waals surface area (Å²) in [5.74, 6) is 1.04. The molecule has 0 atom stereocenters. The van der Waals surface area contributed by atoms with Gasteiger partial charge in [0.25, 0.3) is 0 Å². The molecule has 1 fully saturated rings. The third-order valence-corrected chi connectivity index (χ3v) is 4.56. The molecule has 0 spiro atoms. The lowest BCUT2D eigenvalue weighted by molar-refractivity contribution is 0.262. The van der Waals surface area contributed by atoms with Crippen LogP contribution in [0.4, 0.5) is 5.82 Å². The van der Waals surface area contributed by atoms with E-state index in [1.165, 1.54) is 0 Å². The second-order valence-electron chi connectivity index (χ2n) is 5.82. The Morgan fingerprint density at radius 2 is 1.83 bits per heavy atom. The number of anilines is 1. The topological polar surface area (TPSA) is 52.0 Å². The lowest BCUT2D eigenvalue weighted by Crippen LogP contribution is -2.47. The zero-order chi connectivity index (χ0) is 16.8. The summed E-state index contributed by atoms with van der Waals surface area (Å²) in [7, 11) is 0. The Bertz CT molecular complexity index is 667. The summed E-state index contributed by atoms with van der Waals surface area (Å²) < 4.78 is 0. The molecule has 0 aliphatic carbocycles. The fourth-order valence-corrected chi connectivity index (χ4v) is 3.03. The van der Waals surface area contributed by atoms with Crippen LogP contribution in [0.2, 0.25) is 5.02 Å².